The lowest BCUT2D eigenvalue weighted by atomic mass is 10.1. The highest BCUT2D eigenvalue weighted by Crippen LogP contribution is 2.25. The van der Waals surface area contributed by atoms with Gasteiger partial charge in [-0.25, -0.2) is 0 Å². The molecule has 184 valence electrons. The van der Waals surface area contributed by atoms with Crippen molar-refractivity contribution in [1.29, 1.82) is 0 Å². The van der Waals surface area contributed by atoms with E-state index < -0.39 is 0 Å². The molecular weight excluding hydrogens is 491 g/mol. The van der Waals surface area contributed by atoms with Gasteiger partial charge in [0.1, 0.15) is 5.84 Å². The third kappa shape index (κ3) is 10.1. The third-order valence-corrected chi connectivity index (χ3v) is 5.60. The molecule has 0 fully saturated rings. The van der Waals surface area contributed by atoms with Crippen LogP contribution in [-0.4, -0.2) is 49.9 Å². The van der Waals surface area contributed by atoms with Crippen LogP contribution in [0.5, 0.6) is 0 Å². The summed E-state index contributed by atoms with van der Waals surface area (Å²) in [6.45, 7) is 11.8. The van der Waals surface area contributed by atoms with Crippen molar-refractivity contribution in [3.8, 4) is 12.3 Å². The van der Waals surface area contributed by atoms with Crippen LogP contribution in [0.25, 0.3) is 0 Å². The summed E-state index contributed by atoms with van der Waals surface area (Å²) in [5.41, 5.74) is 2.49. The van der Waals surface area contributed by atoms with E-state index in [-0.39, 0.29) is 6.04 Å². The van der Waals surface area contributed by atoms with E-state index in [1.165, 1.54) is 5.54 Å². The number of amidine groups is 1. The summed E-state index contributed by atoms with van der Waals surface area (Å²) in [6, 6.07) is 5.24. The zero-order valence-corrected chi connectivity index (χ0v) is 22.0. The van der Waals surface area contributed by atoms with Crippen LogP contribution in [0, 0.1) is 12.3 Å². The molecule has 1 aromatic carbocycles. The van der Waals surface area contributed by atoms with Crippen LogP contribution >= 0.6 is 34.8 Å². The SMILES string of the molecule is C#CC(=C)N(/C(=N\CNCCC(CC)NCOC)c1ccc(Cl)cc1Cl)C(C=C)C=C/C=C/Cl. The number of hydrogen-bond donors (Lipinski definition) is 2. The molecule has 0 saturated heterocycles. The highest BCUT2D eigenvalue weighted by Gasteiger charge is 2.23. The predicted molar refractivity (Wildman–Crippen MR) is 148 cm³/mol. The molecule has 0 bridgehead atoms. The van der Waals surface area contributed by atoms with Crippen molar-refractivity contribution in [2.75, 3.05) is 27.1 Å². The molecule has 2 atom stereocenters. The Kier molecular flexibility index (Phi) is 15.4. The normalized spacial score (nSPS) is 13.7. The number of halogens is 3. The van der Waals surface area contributed by atoms with Gasteiger partial charge >= 0.3 is 0 Å². The quantitative estimate of drug-likeness (QED) is 0.0566. The minimum atomic E-state index is -0.343. The Morgan fingerprint density at radius 3 is 2.71 bits per heavy atom. The van der Waals surface area contributed by atoms with E-state index in [1.54, 1.807) is 42.4 Å². The van der Waals surface area contributed by atoms with Gasteiger partial charge in [-0.2, -0.15) is 0 Å². The average Bonchev–Trinajstić information content (AvgIpc) is 2.83. The molecule has 0 spiro atoms. The van der Waals surface area contributed by atoms with Gasteiger partial charge < -0.3 is 9.64 Å². The van der Waals surface area contributed by atoms with Crippen molar-refractivity contribution in [3.63, 3.8) is 0 Å². The predicted octanol–water partition coefficient (Wildman–Crippen LogP) is 5.96. The lowest BCUT2D eigenvalue weighted by molar-refractivity contribution is 0.160. The second-order valence-electron chi connectivity index (χ2n) is 7.19. The second-order valence-corrected chi connectivity index (χ2v) is 8.28. The molecule has 0 saturated carbocycles. The molecule has 8 heteroatoms. The van der Waals surface area contributed by atoms with Crippen LogP contribution in [0.2, 0.25) is 10.0 Å². The number of benzene rings is 1. The first-order valence-electron chi connectivity index (χ1n) is 10.9. The summed E-state index contributed by atoms with van der Waals surface area (Å²) in [5.74, 6) is 3.16. The maximum atomic E-state index is 6.55. The highest BCUT2D eigenvalue weighted by atomic mass is 35.5. The summed E-state index contributed by atoms with van der Waals surface area (Å²) in [5, 5.41) is 7.67. The Bertz CT molecular complexity index is 921. The molecule has 2 unspecified atom stereocenters. The van der Waals surface area contributed by atoms with Crippen molar-refractivity contribution >= 4 is 40.6 Å². The van der Waals surface area contributed by atoms with Gasteiger partial charge in [0, 0.05) is 29.3 Å². The van der Waals surface area contributed by atoms with Crippen molar-refractivity contribution in [3.05, 3.63) is 82.5 Å². The second kappa shape index (κ2) is 17.4. The van der Waals surface area contributed by atoms with E-state index in [0.717, 1.165) is 19.4 Å². The summed E-state index contributed by atoms with van der Waals surface area (Å²) in [7, 11) is 1.67. The number of aliphatic imine (C=N–C) groups is 1. The molecule has 0 aliphatic heterocycles. The van der Waals surface area contributed by atoms with Crippen LogP contribution in [-0.2, 0) is 4.74 Å². The first-order valence-corrected chi connectivity index (χ1v) is 12.1. The maximum Gasteiger partial charge on any atom is 0.139 e. The Balaban J connectivity index is 3.25. The van der Waals surface area contributed by atoms with Crippen LogP contribution < -0.4 is 10.6 Å². The molecular formula is C26H33Cl3N4O. The fourth-order valence-corrected chi connectivity index (χ4v) is 3.69. The summed E-state index contributed by atoms with van der Waals surface area (Å²) in [6.07, 6.45) is 14.8. The lowest BCUT2D eigenvalue weighted by Gasteiger charge is -2.31. The monoisotopic (exact) mass is 522 g/mol. The molecule has 0 radical (unpaired) electrons. The Labute approximate surface area is 219 Å². The number of rotatable bonds is 15. The fourth-order valence-electron chi connectivity index (χ4n) is 3.11. The number of methoxy groups -OCH3 is 1. The number of ether oxygens (including phenoxy) is 1. The van der Waals surface area contributed by atoms with Crippen molar-refractivity contribution in [2.24, 2.45) is 4.99 Å². The van der Waals surface area contributed by atoms with Gasteiger partial charge in [-0.05, 0) is 37.6 Å². The van der Waals surface area contributed by atoms with Gasteiger partial charge in [0.15, 0.2) is 0 Å². The zero-order chi connectivity index (χ0) is 25.3. The molecule has 1 aromatic rings. The van der Waals surface area contributed by atoms with Crippen LogP contribution in [0.4, 0.5) is 0 Å². The van der Waals surface area contributed by atoms with Crippen molar-refractivity contribution in [2.45, 2.75) is 31.8 Å². The van der Waals surface area contributed by atoms with Gasteiger partial charge in [-0.15, -0.1) is 13.0 Å². The average molecular weight is 524 g/mol. The Morgan fingerprint density at radius 2 is 2.12 bits per heavy atom. The lowest BCUT2D eigenvalue weighted by Crippen LogP contribution is -2.38. The molecule has 0 amide bonds. The summed E-state index contributed by atoms with van der Waals surface area (Å²) < 4.78 is 5.10. The zero-order valence-electron chi connectivity index (χ0n) is 19.7. The number of hydrogen-bond acceptors (Lipinski definition) is 4. The molecule has 0 aliphatic rings. The van der Waals surface area contributed by atoms with E-state index >= 15 is 0 Å². The minimum Gasteiger partial charge on any atom is -0.370 e. The van der Waals surface area contributed by atoms with Crippen LogP contribution in [0.3, 0.4) is 0 Å². The number of nitrogens with zero attached hydrogens (tertiary/aromatic N) is 2. The van der Waals surface area contributed by atoms with Gasteiger partial charge in [0.25, 0.3) is 0 Å². The van der Waals surface area contributed by atoms with Gasteiger partial charge in [-0.3, -0.25) is 15.6 Å². The number of terminal acetylenes is 1. The molecule has 0 heterocycles. The third-order valence-electron chi connectivity index (χ3n) is 4.91. The van der Waals surface area contributed by atoms with Gasteiger partial charge in [-0.1, -0.05) is 78.5 Å². The topological polar surface area (TPSA) is 48.9 Å². The smallest absolute Gasteiger partial charge is 0.139 e. The highest BCUT2D eigenvalue weighted by molar-refractivity contribution is 6.37. The molecule has 5 nitrogen and oxygen atoms in total. The minimum absolute atomic E-state index is 0.343. The maximum absolute atomic E-state index is 6.55. The number of allylic oxidation sites excluding steroid dienone is 3. The first-order chi connectivity index (χ1) is 16.4. The van der Waals surface area contributed by atoms with E-state index in [0.29, 0.717) is 46.6 Å². The van der Waals surface area contributed by atoms with E-state index in [2.05, 4.69) is 36.6 Å². The summed E-state index contributed by atoms with van der Waals surface area (Å²) >= 11 is 18.3. The van der Waals surface area contributed by atoms with E-state index in [9.17, 15) is 0 Å². The fraction of sp³-hybridized carbons (Fsp3) is 0.346. The largest absolute Gasteiger partial charge is 0.370 e. The van der Waals surface area contributed by atoms with Gasteiger partial charge in [0.05, 0.1) is 30.2 Å². The van der Waals surface area contributed by atoms with Crippen LogP contribution in [0.15, 0.2) is 71.9 Å². The van der Waals surface area contributed by atoms with E-state index in [1.807, 2.05) is 12.1 Å². The molecule has 34 heavy (non-hydrogen) atoms. The molecule has 0 aliphatic carbocycles. The molecule has 2 N–H and O–H groups in total. The van der Waals surface area contributed by atoms with Crippen molar-refractivity contribution in [1.82, 2.24) is 15.5 Å². The standard InChI is InChI=1S/C26H33Cl3N4O/c1-6-20(4)33(23(8-3)11-9-10-15-27)26(24-13-12-21(28)17-25(24)29)31-18-30-16-14-22(7-2)32-19-34-5/h1,8-13,15,17,22-23,30,32H,3-4,7,14,16,18-19H2,2,5H3/b11-9?,15-10+,31-26-. The molecule has 0 aromatic heterocycles. The number of nitrogens with one attached hydrogen (secondary N) is 2. The van der Waals surface area contributed by atoms with Crippen LogP contribution in [0.1, 0.15) is 25.3 Å². The van der Waals surface area contributed by atoms with Gasteiger partial charge in [0.2, 0.25) is 0 Å². The molecule has 1 rings (SSSR count). The Hall–Kier alpha value is -2.04. The van der Waals surface area contributed by atoms with Crippen molar-refractivity contribution < 1.29 is 4.74 Å². The Morgan fingerprint density at radius 1 is 1.35 bits per heavy atom. The summed E-state index contributed by atoms with van der Waals surface area (Å²) in [4.78, 5) is 6.62. The van der Waals surface area contributed by atoms with E-state index in [4.69, 9.17) is 51.0 Å². The first kappa shape index (κ1) is 30.0.